The van der Waals surface area contributed by atoms with Gasteiger partial charge in [0.2, 0.25) is 0 Å². The van der Waals surface area contributed by atoms with E-state index in [2.05, 4.69) is 24.4 Å². The minimum Gasteiger partial charge on any atom is -0.493 e. The number of hydrogen-bond acceptors (Lipinski definition) is 3. The van der Waals surface area contributed by atoms with Crippen molar-refractivity contribution in [2.75, 3.05) is 19.4 Å². The van der Waals surface area contributed by atoms with Crippen LogP contribution < -0.4 is 10.1 Å². The van der Waals surface area contributed by atoms with Gasteiger partial charge in [0.15, 0.2) is 0 Å². The van der Waals surface area contributed by atoms with Crippen molar-refractivity contribution < 1.29 is 8.95 Å². The van der Waals surface area contributed by atoms with Crippen molar-refractivity contribution in [2.45, 2.75) is 31.6 Å². The van der Waals surface area contributed by atoms with E-state index in [-0.39, 0.29) is 5.25 Å². The summed E-state index contributed by atoms with van der Waals surface area (Å²) in [4.78, 5) is 0. The maximum Gasteiger partial charge on any atom is 0.124 e. The molecule has 0 spiro atoms. The summed E-state index contributed by atoms with van der Waals surface area (Å²) < 4.78 is 17.1. The van der Waals surface area contributed by atoms with Crippen LogP contribution in [0.5, 0.6) is 5.75 Å². The Morgan fingerprint density at radius 3 is 2.95 bits per heavy atom. The predicted molar refractivity (Wildman–Crippen MR) is 80.0 cm³/mol. The maximum atomic E-state index is 11.4. The summed E-state index contributed by atoms with van der Waals surface area (Å²) in [6, 6.07) is 8.55. The number of rotatable bonds is 5. The molecule has 4 atom stereocenters. The van der Waals surface area contributed by atoms with Crippen molar-refractivity contribution in [1.29, 1.82) is 0 Å². The summed E-state index contributed by atoms with van der Waals surface area (Å²) in [5.74, 6) is 1.45. The van der Waals surface area contributed by atoms with Gasteiger partial charge in [-0.3, -0.25) is 4.21 Å². The summed E-state index contributed by atoms with van der Waals surface area (Å²) in [6.07, 6.45) is 2.71. The zero-order valence-electron chi connectivity index (χ0n) is 11.9. The van der Waals surface area contributed by atoms with E-state index >= 15 is 0 Å². The van der Waals surface area contributed by atoms with Gasteiger partial charge in [0.05, 0.1) is 6.61 Å². The van der Waals surface area contributed by atoms with Gasteiger partial charge in [0.25, 0.3) is 0 Å². The van der Waals surface area contributed by atoms with E-state index in [1.165, 1.54) is 5.56 Å². The second-order valence-electron chi connectivity index (χ2n) is 5.36. The first-order valence-corrected chi connectivity index (χ1v) is 8.49. The van der Waals surface area contributed by atoms with Crippen LogP contribution in [0.1, 0.15) is 31.9 Å². The van der Waals surface area contributed by atoms with Gasteiger partial charge in [0.1, 0.15) is 5.75 Å². The largest absolute Gasteiger partial charge is 0.493 e. The lowest BCUT2D eigenvalue weighted by Crippen LogP contribution is -2.35. The Labute approximate surface area is 118 Å². The average molecular weight is 281 g/mol. The fourth-order valence-electron chi connectivity index (χ4n) is 2.41. The van der Waals surface area contributed by atoms with Crippen molar-refractivity contribution in [2.24, 2.45) is 5.92 Å². The SMILES string of the molecule is CC1COc2ccccc2C1NCCC(C)S(C)=O. The molecule has 106 valence electrons. The molecule has 0 fully saturated rings. The van der Waals surface area contributed by atoms with Gasteiger partial charge in [0, 0.05) is 39.8 Å². The van der Waals surface area contributed by atoms with Crippen molar-refractivity contribution in [3.05, 3.63) is 29.8 Å². The molecule has 4 heteroatoms. The molecular formula is C15H23NO2S. The molecule has 3 nitrogen and oxygen atoms in total. The summed E-state index contributed by atoms with van der Waals surface area (Å²) in [5.41, 5.74) is 1.24. The predicted octanol–water partition coefficient (Wildman–Crippen LogP) is 2.50. The number of ether oxygens (including phenoxy) is 1. The normalized spacial score (nSPS) is 25.2. The quantitative estimate of drug-likeness (QED) is 0.901. The highest BCUT2D eigenvalue weighted by atomic mass is 32.2. The number of hydrogen-bond donors (Lipinski definition) is 1. The number of para-hydroxylation sites is 1. The van der Waals surface area contributed by atoms with E-state index in [1.54, 1.807) is 6.26 Å². The number of nitrogens with one attached hydrogen (secondary N) is 1. The fourth-order valence-corrected chi connectivity index (χ4v) is 2.86. The first kappa shape index (κ1) is 14.5. The molecule has 2 rings (SSSR count). The molecular weight excluding hydrogens is 258 g/mol. The molecule has 0 aliphatic carbocycles. The average Bonchev–Trinajstić information content (AvgIpc) is 2.41. The van der Waals surface area contributed by atoms with Crippen molar-refractivity contribution in [1.82, 2.24) is 5.32 Å². The van der Waals surface area contributed by atoms with Gasteiger partial charge in [-0.2, -0.15) is 0 Å². The molecule has 0 amide bonds. The Hall–Kier alpha value is -0.870. The van der Waals surface area contributed by atoms with Gasteiger partial charge >= 0.3 is 0 Å². The minimum absolute atomic E-state index is 0.248. The Kier molecular flexibility index (Phi) is 4.99. The van der Waals surface area contributed by atoms with Crippen LogP contribution in [0.15, 0.2) is 24.3 Å². The third-order valence-corrected chi connectivity index (χ3v) is 5.18. The molecule has 1 N–H and O–H groups in total. The van der Waals surface area contributed by atoms with Crippen LogP contribution in [0.3, 0.4) is 0 Å². The molecule has 0 aromatic heterocycles. The van der Waals surface area contributed by atoms with Crippen molar-refractivity contribution in [3.63, 3.8) is 0 Å². The van der Waals surface area contributed by atoms with Crippen molar-refractivity contribution >= 4 is 10.8 Å². The topological polar surface area (TPSA) is 38.3 Å². The second kappa shape index (κ2) is 6.53. The fraction of sp³-hybridized carbons (Fsp3) is 0.600. The Morgan fingerprint density at radius 2 is 2.21 bits per heavy atom. The van der Waals surface area contributed by atoms with E-state index in [9.17, 15) is 4.21 Å². The maximum absolute atomic E-state index is 11.4. The third kappa shape index (κ3) is 3.57. The van der Waals surface area contributed by atoms with E-state index in [1.807, 2.05) is 19.1 Å². The molecule has 1 aliphatic heterocycles. The highest BCUT2D eigenvalue weighted by molar-refractivity contribution is 7.84. The zero-order chi connectivity index (χ0) is 13.8. The smallest absolute Gasteiger partial charge is 0.124 e. The first-order chi connectivity index (χ1) is 9.09. The minimum atomic E-state index is -0.735. The zero-order valence-corrected chi connectivity index (χ0v) is 12.7. The van der Waals surface area contributed by atoms with Gasteiger partial charge in [-0.1, -0.05) is 32.0 Å². The van der Waals surface area contributed by atoms with Gasteiger partial charge in [-0.25, -0.2) is 0 Å². The third-order valence-electron chi connectivity index (χ3n) is 3.81. The van der Waals surface area contributed by atoms with Crippen molar-refractivity contribution in [3.8, 4) is 5.75 Å². The van der Waals surface area contributed by atoms with Gasteiger partial charge in [-0.15, -0.1) is 0 Å². The van der Waals surface area contributed by atoms with Crippen LogP contribution >= 0.6 is 0 Å². The Balaban J connectivity index is 1.98. The monoisotopic (exact) mass is 281 g/mol. The molecule has 1 aromatic carbocycles. The summed E-state index contributed by atoms with van der Waals surface area (Å²) in [5, 5.41) is 3.85. The molecule has 0 saturated heterocycles. The van der Waals surface area contributed by atoms with E-state index in [0.29, 0.717) is 12.0 Å². The van der Waals surface area contributed by atoms with Gasteiger partial charge < -0.3 is 10.1 Å². The molecule has 1 aromatic rings. The lowest BCUT2D eigenvalue weighted by molar-refractivity contribution is 0.188. The van der Waals surface area contributed by atoms with Crippen LogP contribution in [-0.2, 0) is 10.8 Å². The summed E-state index contributed by atoms with van der Waals surface area (Å²) in [6.45, 7) is 5.89. The van der Waals surface area contributed by atoms with Crippen LogP contribution in [0, 0.1) is 5.92 Å². The van der Waals surface area contributed by atoms with Crippen LogP contribution in [0.4, 0.5) is 0 Å². The lowest BCUT2D eigenvalue weighted by Gasteiger charge is -2.32. The molecule has 0 bridgehead atoms. The lowest BCUT2D eigenvalue weighted by atomic mass is 9.92. The Bertz CT molecular complexity index is 450. The molecule has 0 radical (unpaired) electrons. The Morgan fingerprint density at radius 1 is 1.47 bits per heavy atom. The highest BCUT2D eigenvalue weighted by Crippen LogP contribution is 2.34. The van der Waals surface area contributed by atoms with E-state index in [0.717, 1.165) is 25.3 Å². The van der Waals surface area contributed by atoms with E-state index < -0.39 is 10.8 Å². The number of fused-ring (bicyclic) bond motifs is 1. The standard InChI is InChI=1S/C15H23NO2S/c1-11-10-18-14-7-5-4-6-13(14)15(11)16-9-8-12(2)19(3)17/h4-7,11-12,15-16H,8-10H2,1-3H3. The van der Waals surface area contributed by atoms with Crippen LogP contribution in [0.2, 0.25) is 0 Å². The molecule has 0 saturated carbocycles. The second-order valence-corrected chi connectivity index (χ2v) is 7.16. The van der Waals surface area contributed by atoms with Crippen LogP contribution in [-0.4, -0.2) is 28.9 Å². The molecule has 1 aliphatic rings. The van der Waals surface area contributed by atoms with E-state index in [4.69, 9.17) is 4.74 Å². The molecule has 4 unspecified atom stereocenters. The first-order valence-electron chi connectivity index (χ1n) is 6.87. The summed E-state index contributed by atoms with van der Waals surface area (Å²) >= 11 is 0. The molecule has 1 heterocycles. The van der Waals surface area contributed by atoms with Crippen LogP contribution in [0.25, 0.3) is 0 Å². The highest BCUT2D eigenvalue weighted by Gasteiger charge is 2.27. The van der Waals surface area contributed by atoms with Gasteiger partial charge in [-0.05, 0) is 19.0 Å². The summed E-state index contributed by atoms with van der Waals surface area (Å²) in [7, 11) is -0.735. The number of benzene rings is 1. The molecule has 19 heavy (non-hydrogen) atoms.